The van der Waals surface area contributed by atoms with Crippen LogP contribution in [0.2, 0.25) is 0 Å². The van der Waals surface area contributed by atoms with Crippen LogP contribution in [0.5, 0.6) is 0 Å². The molecular weight excluding hydrogens is 1740 g/mol. The lowest BCUT2D eigenvalue weighted by Gasteiger charge is -2.29. The van der Waals surface area contributed by atoms with Crippen molar-refractivity contribution in [3.63, 3.8) is 0 Å². The summed E-state index contributed by atoms with van der Waals surface area (Å²) in [6, 6.07) is -16.9. The number of rotatable bonds is 73. The van der Waals surface area contributed by atoms with E-state index in [1.807, 2.05) is 0 Å². The van der Waals surface area contributed by atoms with Gasteiger partial charge in [-0.15, -0.1) is 11.8 Å². The zero-order valence-corrected chi connectivity index (χ0v) is 75.5. The van der Waals surface area contributed by atoms with Gasteiger partial charge in [-0.05, 0) is 167 Å². The van der Waals surface area contributed by atoms with E-state index < -0.39 is 203 Å². The molecule has 1 heterocycles. The Morgan fingerprint density at radius 1 is 0.336 bits per heavy atom. The second-order valence-electron chi connectivity index (χ2n) is 30.8. The number of nitrogens with two attached hydrogens (primary N) is 12. The quantitative estimate of drug-likeness (QED) is 0.0116. The molecule has 742 valence electrons. The SMILES string of the molecule is CC(=O)N[C@H](CSC1CC(=O)N(CCCC(=O)NCCOCCN)C1=O)C(=O)N[C@H](CCCCN)C(=O)N[C@H](CCCNC(=N)N)C(=O)N[C@H](CCCNC(=N)N)C(=O)N[C@H](CCCNC(=N)N)C(=O)N[C@H](CCC(N)=O)C(=O)N[C@H](CCCNC(=N)N)C(=O)N[C@H](CCCNC(=N)N)C(=O)N[C@H](CCCCN)C(=O)N[C@H](CCCCN)C(=O)N[C@H](CCCNC(=N)N)C(N)=O. The number of thioether (sulfide) groups is 1. The highest BCUT2D eigenvalue weighted by Crippen LogP contribution is 2.27. The number of carbonyl (C=O) groups excluding carboxylic acids is 16. The first-order valence-corrected chi connectivity index (χ1v) is 44.7. The van der Waals surface area contributed by atoms with Crippen LogP contribution in [-0.2, 0) is 81.4 Å². The van der Waals surface area contributed by atoms with Crippen molar-refractivity contribution in [2.24, 2.45) is 68.8 Å². The van der Waals surface area contributed by atoms with Crippen molar-refractivity contribution in [3.05, 3.63) is 0 Å². The van der Waals surface area contributed by atoms with Crippen LogP contribution >= 0.6 is 11.8 Å². The van der Waals surface area contributed by atoms with Crippen LogP contribution in [0.15, 0.2) is 0 Å². The number of likely N-dealkylation sites (tertiary alicyclic amines) is 1. The van der Waals surface area contributed by atoms with Gasteiger partial charge in [-0.1, -0.05) is 0 Å². The van der Waals surface area contributed by atoms with Gasteiger partial charge in [0.2, 0.25) is 94.5 Å². The van der Waals surface area contributed by atoms with Crippen LogP contribution in [0.4, 0.5) is 0 Å². The Kier molecular flexibility index (Phi) is 60.2. The summed E-state index contributed by atoms with van der Waals surface area (Å²) in [7, 11) is 0. The standard InChI is InChI=1S/C76H145N37O17S/c1-43(114)102-54(42-131-55-41-58(117)113(70(55)129)38-14-24-57(116)95-37-40-130-39-30-80)69(128)111-47(17-4-7-29-79)62(121)106-49(20-10-33-98-73(87)88)64(123)108-50(21-11-34-99-74(89)90)65(124)109-52(23-13-36-101-76(93)94)67(126)112-53(25-26-56(81)115)68(127)110-51(22-12-35-100-75(91)92)66(125)107-48(19-9-32-97-72(85)86)63(122)105-46(16-3-6-28-78)61(120)104-45(15-2-5-27-77)60(119)103-44(59(82)118)18-8-31-96-71(83)84/h44-55H,2-42,77-80H2,1H3,(H2,81,115)(H2,82,118)(H,95,116)(H,102,114)(H,103,119)(H,104,120)(H,105,122)(H,106,121)(H,107,125)(H,108,123)(H,109,124)(H,110,127)(H,111,128)(H,112,126)(H4,83,84,96)(H4,85,86,97)(H4,87,88,98)(H4,89,90,99)(H4,91,92,100)(H4,93,94,101)/t44-,45-,46-,47-,48-,49-,50-,51-,52-,53-,54-,55?/m1/s1. The first-order chi connectivity index (χ1) is 62.2. The number of nitrogens with zero attached hydrogens (tertiary/aromatic N) is 1. The van der Waals surface area contributed by atoms with E-state index in [0.29, 0.717) is 38.8 Å². The highest BCUT2D eigenvalue weighted by atomic mass is 32.2. The molecule has 1 fully saturated rings. The van der Waals surface area contributed by atoms with Crippen LogP contribution in [0.25, 0.3) is 0 Å². The summed E-state index contributed by atoms with van der Waals surface area (Å²) in [4.78, 5) is 225. The Balaban J connectivity index is 4.00. The van der Waals surface area contributed by atoms with E-state index in [1.54, 1.807) is 0 Å². The summed E-state index contributed by atoms with van der Waals surface area (Å²) in [6.07, 6.45) is -0.907. The molecule has 0 bridgehead atoms. The fraction of sp³-hybridized carbons (Fsp3) is 0.711. The molecule has 1 rings (SSSR count). The van der Waals surface area contributed by atoms with E-state index in [9.17, 15) is 67.1 Å². The van der Waals surface area contributed by atoms with Crippen LogP contribution in [0.1, 0.15) is 174 Å². The summed E-state index contributed by atoms with van der Waals surface area (Å²) in [6.45, 7) is 2.48. The van der Waals surface area contributed by atoms with Crippen molar-refractivity contribution in [1.29, 1.82) is 32.5 Å². The molecule has 0 aliphatic carbocycles. The number of imide groups is 1. The maximum absolute atomic E-state index is 15.0. The number of unbranched alkanes of at least 4 members (excludes halogenated alkanes) is 3. The average Bonchev–Trinajstić information content (AvgIpc) is 1.73. The summed E-state index contributed by atoms with van der Waals surface area (Å²) in [5, 5.41) is 92.0. The lowest BCUT2D eigenvalue weighted by atomic mass is 10.0. The fourth-order valence-electron chi connectivity index (χ4n) is 13.0. The van der Waals surface area contributed by atoms with E-state index in [0.717, 1.165) is 23.6 Å². The van der Waals surface area contributed by atoms with Crippen molar-refractivity contribution in [2.45, 2.75) is 246 Å². The number of nitrogens with one attached hydrogen (secondary N) is 24. The maximum Gasteiger partial charge on any atom is 0.244 e. The molecule has 1 saturated heterocycles. The molecule has 48 N–H and O–H groups in total. The van der Waals surface area contributed by atoms with Gasteiger partial charge in [-0.25, -0.2) is 0 Å². The van der Waals surface area contributed by atoms with E-state index in [4.69, 9.17) is 106 Å². The zero-order valence-electron chi connectivity index (χ0n) is 74.6. The number of primary amides is 2. The third kappa shape index (κ3) is 53.3. The number of guanidine groups is 6. The Hall–Kier alpha value is -12.5. The highest BCUT2D eigenvalue weighted by molar-refractivity contribution is 8.00. The molecule has 0 aromatic heterocycles. The largest absolute Gasteiger partial charge is 0.378 e. The molecule has 55 heteroatoms. The monoisotopic (exact) mass is 1880 g/mol. The van der Waals surface area contributed by atoms with Crippen LogP contribution < -0.4 is 165 Å². The van der Waals surface area contributed by atoms with E-state index >= 15 is 9.59 Å². The van der Waals surface area contributed by atoms with Gasteiger partial charge in [0, 0.05) is 90.8 Å². The van der Waals surface area contributed by atoms with Crippen molar-refractivity contribution in [2.75, 3.05) is 97.5 Å². The first kappa shape index (κ1) is 116. The summed E-state index contributed by atoms with van der Waals surface area (Å²) in [5.41, 5.74) is 67.4. The normalized spacial score (nSPS) is 14.6. The van der Waals surface area contributed by atoms with E-state index in [-0.39, 0.29) is 225 Å². The molecule has 131 heavy (non-hydrogen) atoms. The summed E-state index contributed by atoms with van der Waals surface area (Å²) >= 11 is 0.894. The molecule has 0 saturated carbocycles. The first-order valence-electron chi connectivity index (χ1n) is 43.6. The zero-order chi connectivity index (χ0) is 98.3. The van der Waals surface area contributed by atoms with Gasteiger partial charge in [-0.2, -0.15) is 0 Å². The van der Waals surface area contributed by atoms with Crippen molar-refractivity contribution in [3.8, 4) is 0 Å². The third-order valence-corrected chi connectivity index (χ3v) is 21.1. The van der Waals surface area contributed by atoms with Gasteiger partial charge in [0.05, 0.1) is 18.5 Å². The number of amides is 16. The van der Waals surface area contributed by atoms with Gasteiger partial charge in [0.15, 0.2) is 35.8 Å². The molecule has 0 aromatic rings. The molecule has 1 aliphatic heterocycles. The van der Waals surface area contributed by atoms with Gasteiger partial charge >= 0.3 is 0 Å². The minimum absolute atomic E-state index is 0.00352. The number of hydrogen-bond acceptors (Lipinski definition) is 28. The van der Waals surface area contributed by atoms with E-state index in [2.05, 4.69) is 95.7 Å². The molecule has 0 aromatic carbocycles. The minimum Gasteiger partial charge on any atom is -0.378 e. The Labute approximate surface area is 765 Å². The molecule has 12 atom stereocenters. The third-order valence-electron chi connectivity index (χ3n) is 19.8. The number of ether oxygens (including phenoxy) is 1. The average molecular weight is 1880 g/mol. The van der Waals surface area contributed by atoms with Crippen LogP contribution in [0.3, 0.4) is 0 Å². The second kappa shape index (κ2) is 67.7. The summed E-state index contributed by atoms with van der Waals surface area (Å²) in [5.74, 6) is -16.9. The fourth-order valence-corrected chi connectivity index (χ4v) is 14.2. The smallest absolute Gasteiger partial charge is 0.244 e. The van der Waals surface area contributed by atoms with E-state index in [1.165, 1.54) is 0 Å². The molecule has 16 amide bonds. The lowest BCUT2D eigenvalue weighted by Crippen LogP contribution is -2.61. The Morgan fingerprint density at radius 3 is 0.878 bits per heavy atom. The van der Waals surface area contributed by atoms with Gasteiger partial charge in [-0.3, -0.25) is 114 Å². The van der Waals surface area contributed by atoms with Crippen molar-refractivity contribution in [1.82, 2.24) is 101 Å². The Morgan fingerprint density at radius 2 is 0.611 bits per heavy atom. The molecule has 0 spiro atoms. The predicted octanol–water partition coefficient (Wildman–Crippen LogP) is -12.2. The van der Waals surface area contributed by atoms with Gasteiger partial charge in [0.25, 0.3) is 0 Å². The maximum atomic E-state index is 15.0. The van der Waals surface area contributed by atoms with Crippen LogP contribution in [0, 0.1) is 32.5 Å². The molecule has 54 nitrogen and oxygen atoms in total. The number of hydrogen-bond donors (Lipinski definition) is 36. The molecule has 1 aliphatic rings. The van der Waals surface area contributed by atoms with Gasteiger partial charge < -0.3 is 169 Å². The van der Waals surface area contributed by atoms with Crippen LogP contribution in [-0.4, -0.2) is 304 Å². The topological polar surface area (TPSA) is 957 Å². The van der Waals surface area contributed by atoms with Gasteiger partial charge in [0.1, 0.15) is 66.5 Å². The minimum atomic E-state index is -1.81. The second-order valence-corrected chi connectivity index (χ2v) is 32.0. The lowest BCUT2D eigenvalue weighted by molar-refractivity contribution is -0.139. The molecular formula is C76H145N37O17S. The highest BCUT2D eigenvalue weighted by Gasteiger charge is 2.41. The van der Waals surface area contributed by atoms with Crippen molar-refractivity contribution >= 4 is 142 Å². The molecule has 0 radical (unpaired) electrons. The summed E-state index contributed by atoms with van der Waals surface area (Å²) < 4.78 is 5.25. The predicted molar refractivity (Wildman–Crippen MR) is 488 cm³/mol. The Bertz CT molecular complexity index is 3740. The molecule has 1 unspecified atom stereocenters. The van der Waals surface area contributed by atoms with Crippen molar-refractivity contribution < 1.29 is 81.4 Å². The number of carbonyl (C=O) groups is 16.